The number of hydrogen-bond acceptors (Lipinski definition) is 4. The highest BCUT2D eigenvalue weighted by Crippen LogP contribution is 2.41. The molecule has 0 unspecified atom stereocenters. The number of nitrogens with zero attached hydrogens (tertiary/aromatic N) is 1. The van der Waals surface area contributed by atoms with E-state index < -0.39 is 7.92 Å². The molecular weight excluding hydrogens is 393 g/mol. The molecule has 0 amide bonds. The highest BCUT2D eigenvalue weighted by molar-refractivity contribution is 7.90. The predicted octanol–water partition coefficient (Wildman–Crippen LogP) is 5.84. The molecule has 1 aromatic carbocycles. The predicted molar refractivity (Wildman–Crippen MR) is 120 cm³/mol. The molecule has 4 aromatic heterocycles. The lowest BCUT2D eigenvalue weighted by atomic mass is 10.1. The molecule has 5 aromatic rings. The average molecular weight is 408 g/mol. The third-order valence-corrected chi connectivity index (χ3v) is 10.7. The van der Waals surface area contributed by atoms with Gasteiger partial charge in [-0.3, -0.25) is 4.98 Å². The molecule has 4 heterocycles. The number of rotatable bonds is 4. The highest BCUT2D eigenvalue weighted by atomic mass is 32.1. The molecular formula is C21H14NPS3. The van der Waals surface area contributed by atoms with Crippen molar-refractivity contribution in [1.29, 1.82) is 0 Å². The summed E-state index contributed by atoms with van der Waals surface area (Å²) < 4.78 is 4.36. The maximum Gasteiger partial charge on any atom is 0.0880 e. The summed E-state index contributed by atoms with van der Waals surface area (Å²) in [5, 5.41) is 6.82. The summed E-state index contributed by atoms with van der Waals surface area (Å²) in [4.78, 5) is 5.95. The molecule has 0 bridgehead atoms. The van der Waals surface area contributed by atoms with Gasteiger partial charge in [-0.2, -0.15) is 0 Å². The lowest BCUT2D eigenvalue weighted by Gasteiger charge is -2.12. The lowest BCUT2D eigenvalue weighted by Crippen LogP contribution is -2.13. The van der Waals surface area contributed by atoms with Crippen LogP contribution < -0.4 is 13.9 Å². The van der Waals surface area contributed by atoms with Crippen molar-refractivity contribution in [2.45, 2.75) is 0 Å². The molecule has 0 saturated heterocycles. The van der Waals surface area contributed by atoms with E-state index >= 15 is 0 Å². The molecule has 1 nitrogen and oxygen atoms in total. The Morgan fingerprint density at radius 3 is 2.19 bits per heavy atom. The molecule has 0 fully saturated rings. The standard InChI is InChI=1S/C21H14NPS3/c1-2-6-16-15(5-1)11-12-22-21(16)17-9-10-20(26-17)23(18-7-3-13-24-18)19-8-4-14-25-19/h1-14H. The number of aromatic nitrogens is 1. The molecule has 5 heteroatoms. The van der Waals surface area contributed by atoms with Crippen LogP contribution in [0.3, 0.4) is 0 Å². The van der Waals surface area contributed by atoms with Crippen molar-refractivity contribution in [3.63, 3.8) is 0 Å². The third kappa shape index (κ3) is 2.93. The normalized spacial score (nSPS) is 11.4. The molecule has 0 aliphatic heterocycles. The summed E-state index contributed by atoms with van der Waals surface area (Å²) in [7, 11) is -0.457. The maximum atomic E-state index is 4.70. The first-order valence-electron chi connectivity index (χ1n) is 8.21. The van der Waals surface area contributed by atoms with E-state index in [9.17, 15) is 0 Å². The summed E-state index contributed by atoms with van der Waals surface area (Å²) in [5.41, 5.74) is 1.09. The van der Waals surface area contributed by atoms with Gasteiger partial charge in [0.05, 0.1) is 10.6 Å². The summed E-state index contributed by atoms with van der Waals surface area (Å²) in [5.74, 6) is 0. The summed E-state index contributed by atoms with van der Waals surface area (Å²) in [6.07, 6.45) is 1.92. The van der Waals surface area contributed by atoms with Gasteiger partial charge in [0.1, 0.15) is 0 Å². The molecule has 0 spiro atoms. The first-order chi connectivity index (χ1) is 12.9. The van der Waals surface area contributed by atoms with Crippen LogP contribution in [-0.2, 0) is 0 Å². The minimum absolute atomic E-state index is 0.457. The number of benzene rings is 1. The molecule has 0 aliphatic carbocycles. The van der Waals surface area contributed by atoms with Gasteiger partial charge in [0.25, 0.3) is 0 Å². The van der Waals surface area contributed by atoms with Gasteiger partial charge in [-0.25, -0.2) is 0 Å². The van der Waals surface area contributed by atoms with Gasteiger partial charge in [0, 0.05) is 33.4 Å². The van der Waals surface area contributed by atoms with Crippen LogP contribution in [0.1, 0.15) is 0 Å². The van der Waals surface area contributed by atoms with Crippen LogP contribution in [0.5, 0.6) is 0 Å². The Morgan fingerprint density at radius 1 is 0.692 bits per heavy atom. The fourth-order valence-electron chi connectivity index (χ4n) is 3.01. The van der Waals surface area contributed by atoms with E-state index in [1.54, 1.807) is 0 Å². The van der Waals surface area contributed by atoms with Gasteiger partial charge >= 0.3 is 0 Å². The smallest absolute Gasteiger partial charge is 0.0880 e. The summed E-state index contributed by atoms with van der Waals surface area (Å²) >= 11 is 5.60. The first-order valence-corrected chi connectivity index (χ1v) is 12.1. The van der Waals surface area contributed by atoms with E-state index in [4.69, 9.17) is 4.98 Å². The Labute approximate surface area is 165 Å². The zero-order valence-electron chi connectivity index (χ0n) is 13.7. The Bertz CT molecular complexity index is 1100. The number of pyridine rings is 1. The zero-order chi connectivity index (χ0) is 17.3. The van der Waals surface area contributed by atoms with Gasteiger partial charge in [-0.1, -0.05) is 36.4 Å². The van der Waals surface area contributed by atoms with Crippen LogP contribution in [0.2, 0.25) is 0 Å². The van der Waals surface area contributed by atoms with Crippen LogP contribution in [0, 0.1) is 0 Å². The monoisotopic (exact) mass is 407 g/mol. The highest BCUT2D eigenvalue weighted by Gasteiger charge is 2.21. The van der Waals surface area contributed by atoms with Crippen LogP contribution in [0.15, 0.2) is 83.7 Å². The number of hydrogen-bond donors (Lipinski definition) is 0. The van der Waals surface area contributed by atoms with Crippen LogP contribution >= 0.6 is 41.9 Å². The minimum atomic E-state index is -0.457. The molecule has 126 valence electrons. The fourth-order valence-corrected chi connectivity index (χ4v) is 10.2. The lowest BCUT2D eigenvalue weighted by molar-refractivity contribution is 1.37. The Morgan fingerprint density at radius 2 is 1.46 bits per heavy atom. The van der Waals surface area contributed by atoms with E-state index in [2.05, 4.69) is 77.5 Å². The van der Waals surface area contributed by atoms with E-state index in [1.165, 1.54) is 29.5 Å². The summed E-state index contributed by atoms with van der Waals surface area (Å²) in [6, 6.07) is 24.0. The second kappa shape index (κ2) is 7.05. The van der Waals surface area contributed by atoms with Crippen molar-refractivity contribution in [3.05, 3.63) is 83.7 Å². The first kappa shape index (κ1) is 16.3. The quantitative estimate of drug-likeness (QED) is 0.341. The van der Waals surface area contributed by atoms with E-state index in [0.717, 1.165) is 5.69 Å². The molecule has 26 heavy (non-hydrogen) atoms. The maximum absolute atomic E-state index is 4.70. The van der Waals surface area contributed by atoms with Crippen molar-refractivity contribution in [2.75, 3.05) is 0 Å². The van der Waals surface area contributed by atoms with E-state index in [1.807, 2.05) is 40.2 Å². The molecule has 5 rings (SSSR count). The van der Waals surface area contributed by atoms with Crippen LogP contribution in [-0.4, -0.2) is 4.98 Å². The molecule has 0 N–H and O–H groups in total. The average Bonchev–Trinajstić information content (AvgIpc) is 3.45. The van der Waals surface area contributed by atoms with Gasteiger partial charge in [-0.15, -0.1) is 34.0 Å². The Balaban J connectivity index is 1.63. The Kier molecular flexibility index (Phi) is 4.43. The molecule has 0 atom stereocenters. The largest absolute Gasteiger partial charge is 0.255 e. The van der Waals surface area contributed by atoms with Crippen molar-refractivity contribution in [2.24, 2.45) is 0 Å². The van der Waals surface area contributed by atoms with Gasteiger partial charge < -0.3 is 0 Å². The van der Waals surface area contributed by atoms with E-state index in [-0.39, 0.29) is 0 Å². The number of thiophene rings is 3. The van der Waals surface area contributed by atoms with Gasteiger partial charge in [0.15, 0.2) is 0 Å². The topological polar surface area (TPSA) is 12.9 Å². The minimum Gasteiger partial charge on any atom is -0.255 e. The second-order valence-electron chi connectivity index (χ2n) is 5.76. The van der Waals surface area contributed by atoms with Crippen molar-refractivity contribution < 1.29 is 0 Å². The molecule has 0 aliphatic rings. The SMILES string of the molecule is c1csc(P(c2cccs2)c2ccc(-c3nccc4ccccc34)s2)c1. The summed E-state index contributed by atoms with van der Waals surface area (Å²) in [6.45, 7) is 0. The van der Waals surface area contributed by atoms with E-state index in [0.29, 0.717) is 0 Å². The number of fused-ring (bicyclic) bond motifs is 1. The Hall–Kier alpha value is -1.84. The third-order valence-electron chi connectivity index (χ3n) is 4.17. The van der Waals surface area contributed by atoms with Crippen LogP contribution in [0.4, 0.5) is 0 Å². The molecule has 0 radical (unpaired) electrons. The van der Waals surface area contributed by atoms with Crippen LogP contribution in [0.25, 0.3) is 21.3 Å². The second-order valence-corrected chi connectivity index (χ2v) is 11.8. The fraction of sp³-hybridized carbons (Fsp3) is 0. The zero-order valence-corrected chi connectivity index (χ0v) is 17.0. The van der Waals surface area contributed by atoms with Gasteiger partial charge in [0.2, 0.25) is 0 Å². The van der Waals surface area contributed by atoms with Gasteiger partial charge in [-0.05, 0) is 46.5 Å². The molecule has 0 saturated carbocycles. The van der Waals surface area contributed by atoms with Crippen molar-refractivity contribution in [3.8, 4) is 10.6 Å². The van der Waals surface area contributed by atoms with Crippen molar-refractivity contribution in [1.82, 2.24) is 4.98 Å². The van der Waals surface area contributed by atoms with Crippen molar-refractivity contribution >= 4 is 66.6 Å².